The minimum atomic E-state index is -0.686. The number of ether oxygens (including phenoxy) is 2. The lowest BCUT2D eigenvalue weighted by atomic mass is 9.97. The predicted octanol–water partition coefficient (Wildman–Crippen LogP) is 4.26. The number of H-pyrrole nitrogens is 1. The van der Waals surface area contributed by atoms with Gasteiger partial charge in [-0.25, -0.2) is 4.79 Å². The third kappa shape index (κ3) is 6.54. The molecule has 0 radical (unpaired) electrons. The van der Waals surface area contributed by atoms with Crippen LogP contribution in [-0.4, -0.2) is 41.3 Å². The van der Waals surface area contributed by atoms with Gasteiger partial charge >= 0.3 is 5.69 Å². The molecule has 5 rings (SSSR count). The van der Waals surface area contributed by atoms with Crippen molar-refractivity contribution in [3.63, 3.8) is 0 Å². The third-order valence-corrected chi connectivity index (χ3v) is 7.52. The van der Waals surface area contributed by atoms with E-state index in [1.807, 2.05) is 30.3 Å². The van der Waals surface area contributed by atoms with Gasteiger partial charge < -0.3 is 20.1 Å². The number of rotatable bonds is 10. The molecule has 0 spiro atoms. The number of anilines is 2. The molecule has 40 heavy (non-hydrogen) atoms. The molecule has 2 heterocycles. The molecule has 3 N–H and O–H groups in total. The molecule has 2 aromatic carbocycles. The first kappa shape index (κ1) is 27.5. The molecule has 9 heteroatoms. The second-order valence-electron chi connectivity index (χ2n) is 10.4. The summed E-state index contributed by atoms with van der Waals surface area (Å²) >= 11 is 0. The lowest BCUT2D eigenvalue weighted by molar-refractivity contribution is 0.0679. The molecule has 3 aromatic rings. The Hall–Kier alpha value is -4.11. The summed E-state index contributed by atoms with van der Waals surface area (Å²) in [5.74, 6) is 0.226. The summed E-state index contributed by atoms with van der Waals surface area (Å²) in [4.78, 5) is 43.6. The number of carbonyl (C=O) groups excluding carboxylic acids is 1. The molecular formula is C31H36N4O5. The minimum Gasteiger partial charge on any atom is -0.491 e. The average Bonchev–Trinajstić information content (AvgIpc) is 3.51. The van der Waals surface area contributed by atoms with Gasteiger partial charge in [-0.3, -0.25) is 19.1 Å². The second-order valence-corrected chi connectivity index (χ2v) is 10.4. The molecular weight excluding hydrogens is 508 g/mol. The van der Waals surface area contributed by atoms with Gasteiger partial charge in [-0.15, -0.1) is 0 Å². The van der Waals surface area contributed by atoms with E-state index in [9.17, 15) is 14.4 Å². The number of aromatic nitrogens is 2. The number of hydrogen-bond donors (Lipinski definition) is 2. The Labute approximate surface area is 233 Å². The molecule has 1 atom stereocenters. The van der Waals surface area contributed by atoms with Crippen LogP contribution in [0.3, 0.4) is 0 Å². The summed E-state index contributed by atoms with van der Waals surface area (Å²) in [7, 11) is 0. The Morgan fingerprint density at radius 2 is 1.88 bits per heavy atom. The van der Waals surface area contributed by atoms with Crippen molar-refractivity contribution in [2.45, 2.75) is 57.6 Å². The van der Waals surface area contributed by atoms with Gasteiger partial charge in [0, 0.05) is 18.7 Å². The van der Waals surface area contributed by atoms with E-state index in [0.29, 0.717) is 24.3 Å². The van der Waals surface area contributed by atoms with Crippen molar-refractivity contribution in [2.75, 3.05) is 30.4 Å². The molecule has 1 aromatic heterocycles. The third-order valence-electron chi connectivity index (χ3n) is 7.52. The first-order valence-corrected chi connectivity index (χ1v) is 14.0. The largest absolute Gasteiger partial charge is 0.491 e. The van der Waals surface area contributed by atoms with Crippen molar-refractivity contribution in [1.29, 1.82) is 0 Å². The highest BCUT2D eigenvalue weighted by Crippen LogP contribution is 2.25. The Bertz CT molecular complexity index is 1450. The number of hydrogen-bond acceptors (Lipinski definition) is 6. The Morgan fingerprint density at radius 1 is 1.07 bits per heavy atom. The average molecular weight is 545 g/mol. The fraction of sp³-hybridized carbons (Fsp3) is 0.387. The van der Waals surface area contributed by atoms with Crippen LogP contribution in [0.1, 0.15) is 60.9 Å². The molecule has 1 saturated heterocycles. The first-order chi connectivity index (χ1) is 19.5. The molecule has 1 fully saturated rings. The summed E-state index contributed by atoms with van der Waals surface area (Å²) in [5.41, 5.74) is 7.66. The highest BCUT2D eigenvalue weighted by atomic mass is 16.5. The van der Waals surface area contributed by atoms with E-state index in [0.717, 1.165) is 50.7 Å². The van der Waals surface area contributed by atoms with Gasteiger partial charge in [-0.1, -0.05) is 42.0 Å². The zero-order valence-electron chi connectivity index (χ0n) is 22.6. The summed E-state index contributed by atoms with van der Waals surface area (Å²) in [6, 6.07) is 16.2. The lowest BCUT2D eigenvalue weighted by Gasteiger charge is -2.26. The molecule has 9 nitrogen and oxygen atoms in total. The van der Waals surface area contributed by atoms with Crippen molar-refractivity contribution in [3.8, 4) is 5.75 Å². The fourth-order valence-electron chi connectivity index (χ4n) is 5.28. The van der Waals surface area contributed by atoms with E-state index in [4.69, 9.17) is 15.2 Å². The number of allylic oxidation sites excluding steroid dienone is 1. The lowest BCUT2D eigenvalue weighted by Crippen LogP contribution is -2.42. The SMILES string of the molecule is Nc1c(N(CCC2=CCCCC2)C(=O)c2ccc(OCC3CCCO3)cc2)c(=O)[nH]c(=O)n1Cc1ccccc1. The molecule has 1 aliphatic carbocycles. The number of benzene rings is 2. The summed E-state index contributed by atoms with van der Waals surface area (Å²) in [6.45, 7) is 1.65. The standard InChI is InChI=1S/C31H36N4O5/c32-28-27(29(36)33-31(38)35(28)20-23-10-5-2-6-11-23)34(18-17-22-8-3-1-4-9-22)30(37)24-13-15-25(16-14-24)40-21-26-12-7-19-39-26/h2,5-6,8,10-11,13-16,26H,1,3-4,7,9,12,17-21,32H2,(H,33,36,38). The number of amides is 1. The Balaban J connectivity index is 1.44. The van der Waals surface area contributed by atoms with Crippen LogP contribution < -0.4 is 26.6 Å². The van der Waals surface area contributed by atoms with E-state index >= 15 is 0 Å². The zero-order valence-corrected chi connectivity index (χ0v) is 22.6. The van der Waals surface area contributed by atoms with Crippen LogP contribution in [0.25, 0.3) is 0 Å². The van der Waals surface area contributed by atoms with Crippen molar-refractivity contribution in [3.05, 3.63) is 98.2 Å². The van der Waals surface area contributed by atoms with Crippen LogP contribution in [0.5, 0.6) is 5.75 Å². The van der Waals surface area contributed by atoms with Gasteiger partial charge in [0.15, 0.2) is 5.69 Å². The van der Waals surface area contributed by atoms with Gasteiger partial charge in [0.2, 0.25) is 0 Å². The molecule has 1 aliphatic heterocycles. The number of carbonyl (C=O) groups is 1. The van der Waals surface area contributed by atoms with Crippen molar-refractivity contribution >= 4 is 17.4 Å². The van der Waals surface area contributed by atoms with Crippen molar-refractivity contribution in [1.82, 2.24) is 9.55 Å². The topological polar surface area (TPSA) is 120 Å². The van der Waals surface area contributed by atoms with E-state index in [2.05, 4.69) is 11.1 Å². The second kappa shape index (κ2) is 12.8. The predicted molar refractivity (Wildman–Crippen MR) is 155 cm³/mol. The molecule has 0 saturated carbocycles. The highest BCUT2D eigenvalue weighted by Gasteiger charge is 2.26. The van der Waals surface area contributed by atoms with E-state index in [1.54, 1.807) is 24.3 Å². The van der Waals surface area contributed by atoms with E-state index in [-0.39, 0.29) is 36.6 Å². The normalized spacial score (nSPS) is 16.9. The van der Waals surface area contributed by atoms with Gasteiger partial charge in [-0.2, -0.15) is 0 Å². The highest BCUT2D eigenvalue weighted by molar-refractivity contribution is 6.07. The summed E-state index contributed by atoms with van der Waals surface area (Å²) in [6.07, 6.45) is 9.19. The number of nitrogens with one attached hydrogen (secondary N) is 1. The van der Waals surface area contributed by atoms with Crippen molar-refractivity contribution in [2.24, 2.45) is 0 Å². The zero-order chi connectivity index (χ0) is 27.9. The van der Waals surface area contributed by atoms with Crippen molar-refractivity contribution < 1.29 is 14.3 Å². The fourth-order valence-corrected chi connectivity index (χ4v) is 5.28. The maximum atomic E-state index is 13.9. The molecule has 2 aliphatic rings. The molecule has 210 valence electrons. The number of nitrogens with two attached hydrogens (primary N) is 1. The van der Waals surface area contributed by atoms with Crippen LogP contribution in [0.2, 0.25) is 0 Å². The van der Waals surface area contributed by atoms with Crippen LogP contribution in [-0.2, 0) is 11.3 Å². The maximum absolute atomic E-state index is 13.9. The Morgan fingerprint density at radius 3 is 2.58 bits per heavy atom. The number of nitrogens with zero attached hydrogens (tertiary/aromatic N) is 2. The number of aromatic amines is 1. The van der Waals surface area contributed by atoms with Crippen LogP contribution >= 0.6 is 0 Å². The number of nitrogen functional groups attached to an aromatic ring is 1. The smallest absolute Gasteiger partial charge is 0.330 e. The quantitative estimate of drug-likeness (QED) is 0.368. The van der Waals surface area contributed by atoms with Gasteiger partial charge in [0.25, 0.3) is 11.5 Å². The van der Waals surface area contributed by atoms with E-state index < -0.39 is 11.2 Å². The monoisotopic (exact) mass is 544 g/mol. The van der Waals surface area contributed by atoms with Crippen LogP contribution in [0.15, 0.2) is 75.8 Å². The minimum absolute atomic E-state index is 0.0179. The van der Waals surface area contributed by atoms with Gasteiger partial charge in [0.1, 0.15) is 18.2 Å². The maximum Gasteiger partial charge on any atom is 0.330 e. The molecule has 0 bridgehead atoms. The molecule has 1 unspecified atom stereocenters. The van der Waals surface area contributed by atoms with Crippen LogP contribution in [0, 0.1) is 0 Å². The molecule has 1 amide bonds. The summed E-state index contributed by atoms with van der Waals surface area (Å²) < 4.78 is 12.8. The van der Waals surface area contributed by atoms with Gasteiger partial charge in [-0.05, 0) is 74.8 Å². The van der Waals surface area contributed by atoms with Crippen LogP contribution in [0.4, 0.5) is 11.5 Å². The van der Waals surface area contributed by atoms with E-state index in [1.165, 1.54) is 15.0 Å². The summed E-state index contributed by atoms with van der Waals surface area (Å²) in [5, 5.41) is 0. The Kier molecular flexibility index (Phi) is 8.81. The first-order valence-electron chi connectivity index (χ1n) is 14.0. The van der Waals surface area contributed by atoms with Gasteiger partial charge in [0.05, 0.1) is 12.6 Å².